The molecule has 1 aromatic rings. The maximum absolute atomic E-state index is 3.19. The maximum atomic E-state index is 3.19. The number of allylic oxidation sites excluding steroid dienone is 3. The van der Waals surface area contributed by atoms with E-state index in [1.54, 1.807) is 0 Å². The molecule has 0 spiro atoms. The van der Waals surface area contributed by atoms with Crippen LogP contribution in [0.2, 0.25) is 0 Å². The highest BCUT2D eigenvalue weighted by Crippen LogP contribution is 2.04. The highest BCUT2D eigenvalue weighted by Gasteiger charge is 1.81. The lowest BCUT2D eigenvalue weighted by atomic mass is 10.3. The van der Waals surface area contributed by atoms with Crippen LogP contribution in [0.5, 0.6) is 0 Å². The minimum Gasteiger partial charge on any atom is -0.362 e. The molecule has 74 valence electrons. The monoisotopic (exact) mass is 187 g/mol. The average molecular weight is 187 g/mol. The number of anilines is 1. The zero-order valence-electron chi connectivity index (χ0n) is 8.61. The van der Waals surface area contributed by atoms with Crippen molar-refractivity contribution in [3.8, 4) is 0 Å². The molecule has 0 aliphatic rings. The zero-order chi connectivity index (χ0) is 10.1. The first-order chi connectivity index (χ1) is 6.93. The second-order valence-corrected chi connectivity index (χ2v) is 3.09. The Hall–Kier alpha value is -1.50. The number of para-hydroxylation sites is 1. The van der Waals surface area contributed by atoms with Gasteiger partial charge in [-0.25, -0.2) is 0 Å². The van der Waals surface area contributed by atoms with Crippen LogP contribution in [0.25, 0.3) is 0 Å². The van der Waals surface area contributed by atoms with Gasteiger partial charge in [-0.05, 0) is 24.6 Å². The molecule has 1 nitrogen and oxygen atoms in total. The van der Waals surface area contributed by atoms with Crippen molar-refractivity contribution in [1.82, 2.24) is 0 Å². The number of rotatable bonds is 5. The van der Waals surface area contributed by atoms with Crippen molar-refractivity contribution in [3.05, 3.63) is 54.8 Å². The van der Waals surface area contributed by atoms with Gasteiger partial charge in [0, 0.05) is 11.9 Å². The number of hydrogen-bond donors (Lipinski definition) is 1. The quantitative estimate of drug-likeness (QED) is 0.688. The Balaban J connectivity index is 2.27. The van der Waals surface area contributed by atoms with Gasteiger partial charge in [0.25, 0.3) is 0 Å². The van der Waals surface area contributed by atoms with Gasteiger partial charge in [-0.2, -0.15) is 0 Å². The fraction of sp³-hybridized carbons (Fsp3) is 0.231. The number of unbranched alkanes of at least 4 members (excludes halogenated alkanes) is 1. The molecular formula is C13H17N. The van der Waals surface area contributed by atoms with Crippen molar-refractivity contribution in [2.24, 2.45) is 0 Å². The Kier molecular flexibility index (Phi) is 5.26. The Morgan fingerprint density at radius 3 is 2.64 bits per heavy atom. The molecule has 0 aromatic heterocycles. The molecule has 0 amide bonds. The first-order valence-corrected chi connectivity index (χ1v) is 5.06. The van der Waals surface area contributed by atoms with E-state index in [0.29, 0.717) is 0 Å². The molecule has 0 fully saturated rings. The Morgan fingerprint density at radius 1 is 1.14 bits per heavy atom. The van der Waals surface area contributed by atoms with E-state index in [9.17, 15) is 0 Å². The van der Waals surface area contributed by atoms with E-state index in [1.165, 1.54) is 6.42 Å². The summed E-state index contributed by atoms with van der Waals surface area (Å²) in [6.07, 6.45) is 10.6. The largest absolute Gasteiger partial charge is 0.362 e. The molecule has 0 atom stereocenters. The van der Waals surface area contributed by atoms with Crippen LogP contribution in [0.1, 0.15) is 19.8 Å². The Bertz CT molecular complexity index is 285. The summed E-state index contributed by atoms with van der Waals surface area (Å²) >= 11 is 0. The van der Waals surface area contributed by atoms with Crippen LogP contribution in [0.4, 0.5) is 5.69 Å². The predicted octanol–water partition coefficient (Wildman–Crippen LogP) is 3.97. The van der Waals surface area contributed by atoms with Crippen molar-refractivity contribution < 1.29 is 0 Å². The SMILES string of the molecule is CCC/C=C\C=C\Nc1ccccc1. The molecule has 0 saturated heterocycles. The molecule has 1 heteroatoms. The van der Waals surface area contributed by atoms with Gasteiger partial charge in [0.1, 0.15) is 0 Å². The summed E-state index contributed by atoms with van der Waals surface area (Å²) in [6.45, 7) is 2.18. The van der Waals surface area contributed by atoms with Crippen LogP contribution in [-0.4, -0.2) is 0 Å². The van der Waals surface area contributed by atoms with E-state index in [1.807, 2.05) is 42.6 Å². The van der Waals surface area contributed by atoms with Crippen LogP contribution in [0.15, 0.2) is 54.8 Å². The maximum Gasteiger partial charge on any atom is 0.0379 e. The van der Waals surface area contributed by atoms with Crippen molar-refractivity contribution in [2.45, 2.75) is 19.8 Å². The number of nitrogens with one attached hydrogen (secondary N) is 1. The normalized spacial score (nSPS) is 11.2. The van der Waals surface area contributed by atoms with E-state index in [-0.39, 0.29) is 0 Å². The minimum atomic E-state index is 1.12. The van der Waals surface area contributed by atoms with E-state index in [4.69, 9.17) is 0 Å². The Labute approximate surface area is 86.2 Å². The first kappa shape index (κ1) is 10.6. The van der Waals surface area contributed by atoms with Crippen molar-refractivity contribution in [1.29, 1.82) is 0 Å². The van der Waals surface area contributed by atoms with E-state index >= 15 is 0 Å². The lowest BCUT2D eigenvalue weighted by Crippen LogP contribution is -1.84. The molecule has 0 saturated carbocycles. The number of hydrogen-bond acceptors (Lipinski definition) is 1. The third-order valence-corrected chi connectivity index (χ3v) is 1.82. The molecule has 0 bridgehead atoms. The summed E-state index contributed by atoms with van der Waals surface area (Å²) in [5.41, 5.74) is 1.12. The molecule has 0 heterocycles. The Morgan fingerprint density at radius 2 is 1.93 bits per heavy atom. The van der Waals surface area contributed by atoms with Crippen LogP contribution in [0, 0.1) is 0 Å². The second-order valence-electron chi connectivity index (χ2n) is 3.09. The average Bonchev–Trinajstić information content (AvgIpc) is 2.25. The van der Waals surface area contributed by atoms with Crippen molar-refractivity contribution >= 4 is 5.69 Å². The van der Waals surface area contributed by atoms with Crippen molar-refractivity contribution in [3.63, 3.8) is 0 Å². The van der Waals surface area contributed by atoms with Crippen LogP contribution < -0.4 is 5.32 Å². The van der Waals surface area contributed by atoms with Crippen LogP contribution in [-0.2, 0) is 0 Å². The summed E-state index contributed by atoms with van der Waals surface area (Å²) in [4.78, 5) is 0. The van der Waals surface area contributed by atoms with E-state index < -0.39 is 0 Å². The second kappa shape index (κ2) is 6.96. The highest BCUT2D eigenvalue weighted by atomic mass is 14.8. The van der Waals surface area contributed by atoms with Gasteiger partial charge in [0.15, 0.2) is 0 Å². The molecule has 14 heavy (non-hydrogen) atoms. The summed E-state index contributed by atoms with van der Waals surface area (Å²) in [6, 6.07) is 10.1. The standard InChI is InChI=1S/C13H17N/c1-2-3-4-5-9-12-14-13-10-7-6-8-11-13/h4-12,14H,2-3H2,1H3/b5-4-,12-9+. The lowest BCUT2D eigenvalue weighted by Gasteiger charge is -1.97. The summed E-state index contributed by atoms with van der Waals surface area (Å²) in [7, 11) is 0. The molecule has 0 aliphatic heterocycles. The van der Waals surface area contributed by atoms with Gasteiger partial charge in [-0.1, -0.05) is 43.7 Å². The molecule has 1 aromatic carbocycles. The lowest BCUT2D eigenvalue weighted by molar-refractivity contribution is 0.959. The summed E-state index contributed by atoms with van der Waals surface area (Å²) < 4.78 is 0. The summed E-state index contributed by atoms with van der Waals surface area (Å²) in [5, 5.41) is 3.19. The topological polar surface area (TPSA) is 12.0 Å². The molecule has 0 radical (unpaired) electrons. The molecule has 1 N–H and O–H groups in total. The van der Waals surface area contributed by atoms with E-state index in [2.05, 4.69) is 24.4 Å². The molecule has 0 unspecified atom stereocenters. The van der Waals surface area contributed by atoms with E-state index in [0.717, 1.165) is 12.1 Å². The highest BCUT2D eigenvalue weighted by molar-refractivity contribution is 5.45. The predicted molar refractivity (Wildman–Crippen MR) is 63.3 cm³/mol. The third-order valence-electron chi connectivity index (χ3n) is 1.82. The molecule has 0 aliphatic carbocycles. The zero-order valence-corrected chi connectivity index (χ0v) is 8.61. The van der Waals surface area contributed by atoms with Crippen LogP contribution in [0.3, 0.4) is 0 Å². The first-order valence-electron chi connectivity index (χ1n) is 5.06. The van der Waals surface area contributed by atoms with Gasteiger partial charge in [0.05, 0.1) is 0 Å². The smallest absolute Gasteiger partial charge is 0.0379 e. The van der Waals surface area contributed by atoms with Crippen molar-refractivity contribution in [2.75, 3.05) is 5.32 Å². The summed E-state index contributed by atoms with van der Waals surface area (Å²) in [5.74, 6) is 0. The fourth-order valence-electron chi connectivity index (χ4n) is 1.08. The third kappa shape index (κ3) is 4.51. The van der Waals surface area contributed by atoms with Gasteiger partial charge in [-0.15, -0.1) is 0 Å². The number of benzene rings is 1. The molecule has 1 rings (SSSR count). The van der Waals surface area contributed by atoms with Gasteiger partial charge in [0.2, 0.25) is 0 Å². The minimum absolute atomic E-state index is 1.12. The van der Waals surface area contributed by atoms with Gasteiger partial charge >= 0.3 is 0 Å². The molecular weight excluding hydrogens is 170 g/mol. The fourth-order valence-corrected chi connectivity index (χ4v) is 1.08. The van der Waals surface area contributed by atoms with Gasteiger partial charge < -0.3 is 5.32 Å². The van der Waals surface area contributed by atoms with Gasteiger partial charge in [-0.3, -0.25) is 0 Å². The van der Waals surface area contributed by atoms with Crippen LogP contribution >= 0.6 is 0 Å².